The molecule has 0 saturated heterocycles. The number of amides is 1. The van der Waals surface area contributed by atoms with Gasteiger partial charge in [-0.1, -0.05) is 0 Å². The molecule has 0 aliphatic rings. The van der Waals surface area contributed by atoms with E-state index in [9.17, 15) is 9.59 Å². The van der Waals surface area contributed by atoms with E-state index in [1.165, 1.54) is 0 Å². The number of carbonyl (C=O) groups is 2. The van der Waals surface area contributed by atoms with Gasteiger partial charge >= 0.3 is 5.97 Å². The molecule has 6 heteroatoms. The van der Waals surface area contributed by atoms with Crippen LogP contribution in [0.3, 0.4) is 0 Å². The number of nitrogens with two attached hydrogens (primary N) is 1. The number of hydrogen-bond donors (Lipinski definition) is 3. The molecule has 94 valence electrons. The van der Waals surface area contributed by atoms with E-state index in [0.717, 1.165) is 13.0 Å². The Labute approximate surface area is 95.8 Å². The van der Waals surface area contributed by atoms with Crippen LogP contribution in [0.2, 0.25) is 0 Å². The van der Waals surface area contributed by atoms with Gasteiger partial charge in [0, 0.05) is 13.0 Å². The van der Waals surface area contributed by atoms with Crippen LogP contribution in [0, 0.1) is 0 Å². The molecule has 0 aliphatic carbocycles. The van der Waals surface area contributed by atoms with Gasteiger partial charge in [0.2, 0.25) is 5.91 Å². The minimum absolute atomic E-state index is 0.143. The van der Waals surface area contributed by atoms with Crippen LogP contribution in [0.25, 0.3) is 0 Å². The zero-order chi connectivity index (χ0) is 12.6. The smallest absolute Gasteiger partial charge is 0.320 e. The van der Waals surface area contributed by atoms with Crippen LogP contribution in [-0.4, -0.2) is 55.1 Å². The molecular formula is C10H21N3O3. The van der Waals surface area contributed by atoms with Crippen LogP contribution in [0.4, 0.5) is 0 Å². The Kier molecular flexibility index (Phi) is 7.49. The predicted molar refractivity (Wildman–Crippen MR) is 61.0 cm³/mol. The molecule has 0 heterocycles. The second-order valence-corrected chi connectivity index (χ2v) is 3.99. The zero-order valence-corrected chi connectivity index (χ0v) is 9.90. The number of nitrogens with zero attached hydrogens (tertiary/aromatic N) is 1. The number of nitrogens with one attached hydrogen (secondary N) is 1. The van der Waals surface area contributed by atoms with Gasteiger partial charge in [-0.25, -0.2) is 0 Å². The summed E-state index contributed by atoms with van der Waals surface area (Å²) in [5.41, 5.74) is 5.27. The lowest BCUT2D eigenvalue weighted by Gasteiger charge is -2.10. The first-order valence-corrected chi connectivity index (χ1v) is 5.33. The van der Waals surface area contributed by atoms with Gasteiger partial charge in [0.15, 0.2) is 0 Å². The van der Waals surface area contributed by atoms with E-state index in [4.69, 9.17) is 10.8 Å². The first kappa shape index (κ1) is 14.9. The van der Waals surface area contributed by atoms with Crippen molar-refractivity contribution >= 4 is 11.9 Å². The average Bonchev–Trinajstić information content (AvgIpc) is 2.20. The summed E-state index contributed by atoms with van der Waals surface area (Å²) >= 11 is 0. The van der Waals surface area contributed by atoms with E-state index in [-0.39, 0.29) is 18.7 Å². The third-order valence-electron chi connectivity index (χ3n) is 2.10. The standard InChI is InChI=1S/C10H21N3O3/c1-13(2)7-3-6-12-9(14)5-4-8(11)10(15)16/h8H,3-7,11H2,1-2H3,(H,12,14)(H,15,16)/t8-/m0/s1. The third-order valence-corrected chi connectivity index (χ3v) is 2.10. The van der Waals surface area contributed by atoms with Crippen LogP contribution >= 0.6 is 0 Å². The van der Waals surface area contributed by atoms with Gasteiger partial charge in [-0.2, -0.15) is 0 Å². The van der Waals surface area contributed by atoms with Crippen LogP contribution in [0.5, 0.6) is 0 Å². The summed E-state index contributed by atoms with van der Waals surface area (Å²) in [4.78, 5) is 23.7. The van der Waals surface area contributed by atoms with Gasteiger partial charge in [-0.3, -0.25) is 9.59 Å². The Morgan fingerprint density at radius 1 is 1.44 bits per heavy atom. The van der Waals surface area contributed by atoms with Gasteiger partial charge in [-0.15, -0.1) is 0 Å². The number of carboxylic acid groups (broad SMARTS) is 1. The van der Waals surface area contributed by atoms with Gasteiger partial charge in [0.1, 0.15) is 6.04 Å². The molecule has 0 radical (unpaired) electrons. The quantitative estimate of drug-likeness (QED) is 0.478. The second kappa shape index (κ2) is 8.06. The number of rotatable bonds is 8. The third kappa shape index (κ3) is 8.19. The predicted octanol–water partition coefficient (Wildman–Crippen LogP) is -0.754. The van der Waals surface area contributed by atoms with Gasteiger partial charge in [0.05, 0.1) is 0 Å². The summed E-state index contributed by atoms with van der Waals surface area (Å²) in [6.07, 6.45) is 1.22. The van der Waals surface area contributed by atoms with Crippen LogP contribution in [-0.2, 0) is 9.59 Å². The lowest BCUT2D eigenvalue weighted by atomic mass is 10.1. The SMILES string of the molecule is CN(C)CCCNC(=O)CC[C@H](N)C(=O)O. The monoisotopic (exact) mass is 231 g/mol. The topological polar surface area (TPSA) is 95.7 Å². The van der Waals surface area contributed by atoms with E-state index < -0.39 is 12.0 Å². The molecule has 1 amide bonds. The number of aliphatic carboxylic acids is 1. The summed E-state index contributed by atoms with van der Waals surface area (Å²) in [5, 5.41) is 11.2. The van der Waals surface area contributed by atoms with E-state index in [2.05, 4.69) is 5.32 Å². The molecule has 6 nitrogen and oxygen atoms in total. The molecule has 0 bridgehead atoms. The fourth-order valence-corrected chi connectivity index (χ4v) is 1.12. The van der Waals surface area contributed by atoms with Gasteiger partial charge < -0.3 is 21.1 Å². The van der Waals surface area contributed by atoms with Crippen molar-refractivity contribution in [3.8, 4) is 0 Å². The highest BCUT2D eigenvalue weighted by atomic mass is 16.4. The second-order valence-electron chi connectivity index (χ2n) is 3.99. The maximum absolute atomic E-state index is 11.2. The Morgan fingerprint density at radius 3 is 2.56 bits per heavy atom. The molecular weight excluding hydrogens is 210 g/mol. The number of hydrogen-bond acceptors (Lipinski definition) is 4. The van der Waals surface area contributed by atoms with Crippen molar-refractivity contribution in [1.82, 2.24) is 10.2 Å². The van der Waals surface area contributed by atoms with Crippen molar-refractivity contribution < 1.29 is 14.7 Å². The van der Waals surface area contributed by atoms with Crippen molar-refractivity contribution in [3.05, 3.63) is 0 Å². The summed E-state index contributed by atoms with van der Waals surface area (Å²) in [6, 6.07) is -0.951. The normalized spacial score (nSPS) is 12.5. The molecule has 0 spiro atoms. The molecule has 0 aromatic rings. The number of carboxylic acids is 1. The Balaban J connectivity index is 3.48. The van der Waals surface area contributed by atoms with Crippen molar-refractivity contribution in [2.24, 2.45) is 5.73 Å². The molecule has 16 heavy (non-hydrogen) atoms. The number of carbonyl (C=O) groups excluding carboxylic acids is 1. The fourth-order valence-electron chi connectivity index (χ4n) is 1.12. The first-order valence-electron chi connectivity index (χ1n) is 5.33. The summed E-state index contributed by atoms with van der Waals surface area (Å²) in [7, 11) is 3.93. The fraction of sp³-hybridized carbons (Fsp3) is 0.800. The first-order chi connectivity index (χ1) is 7.43. The van der Waals surface area contributed by atoms with Gasteiger partial charge in [0.25, 0.3) is 0 Å². The molecule has 0 saturated carbocycles. The lowest BCUT2D eigenvalue weighted by molar-refractivity contribution is -0.138. The Morgan fingerprint density at radius 2 is 2.06 bits per heavy atom. The molecule has 0 aromatic heterocycles. The maximum atomic E-state index is 11.2. The molecule has 0 fully saturated rings. The van der Waals surface area contributed by atoms with Gasteiger partial charge in [-0.05, 0) is 33.5 Å². The largest absolute Gasteiger partial charge is 0.480 e. The summed E-state index contributed by atoms with van der Waals surface area (Å²) in [5.74, 6) is -1.21. The highest BCUT2D eigenvalue weighted by Crippen LogP contribution is 1.94. The van der Waals surface area contributed by atoms with Crippen LogP contribution in [0.1, 0.15) is 19.3 Å². The summed E-state index contributed by atoms with van der Waals surface area (Å²) < 4.78 is 0. The molecule has 0 aromatic carbocycles. The molecule has 1 atom stereocenters. The Bertz CT molecular complexity index is 231. The maximum Gasteiger partial charge on any atom is 0.320 e. The highest BCUT2D eigenvalue weighted by Gasteiger charge is 2.12. The van der Waals surface area contributed by atoms with Crippen molar-refractivity contribution in [2.75, 3.05) is 27.2 Å². The van der Waals surface area contributed by atoms with E-state index in [0.29, 0.717) is 6.54 Å². The van der Waals surface area contributed by atoms with Crippen LogP contribution < -0.4 is 11.1 Å². The average molecular weight is 231 g/mol. The van der Waals surface area contributed by atoms with Crippen molar-refractivity contribution in [3.63, 3.8) is 0 Å². The summed E-state index contributed by atoms with van der Waals surface area (Å²) in [6.45, 7) is 1.52. The van der Waals surface area contributed by atoms with Crippen molar-refractivity contribution in [2.45, 2.75) is 25.3 Å². The Hall–Kier alpha value is -1.14. The minimum Gasteiger partial charge on any atom is -0.480 e. The van der Waals surface area contributed by atoms with Crippen molar-refractivity contribution in [1.29, 1.82) is 0 Å². The zero-order valence-electron chi connectivity index (χ0n) is 9.90. The van der Waals surface area contributed by atoms with Crippen LogP contribution in [0.15, 0.2) is 0 Å². The molecule has 0 unspecified atom stereocenters. The molecule has 0 rings (SSSR count). The van der Waals surface area contributed by atoms with E-state index >= 15 is 0 Å². The lowest BCUT2D eigenvalue weighted by Crippen LogP contribution is -2.33. The van der Waals surface area contributed by atoms with E-state index in [1.807, 2.05) is 19.0 Å². The minimum atomic E-state index is -1.07. The highest BCUT2D eigenvalue weighted by molar-refractivity contribution is 5.78. The van der Waals surface area contributed by atoms with E-state index in [1.54, 1.807) is 0 Å². The molecule has 0 aliphatic heterocycles. The molecule has 4 N–H and O–H groups in total.